The standard InChI is InChI=1S/C18H24N2/c1-18(2,3)15-9-7-14(8-10-15)17(19)12-11-16-6-4-5-13-20-16/h4-10,13,17H,11-12,19H2,1-3H3. The molecule has 0 bridgehead atoms. The molecule has 106 valence electrons. The lowest BCUT2D eigenvalue weighted by Gasteiger charge is -2.20. The maximum absolute atomic E-state index is 6.27. The van der Waals surface area contributed by atoms with E-state index >= 15 is 0 Å². The Morgan fingerprint density at radius 3 is 2.30 bits per heavy atom. The quantitative estimate of drug-likeness (QED) is 0.910. The molecular formula is C18H24N2. The van der Waals surface area contributed by atoms with Crippen LogP contribution in [0.2, 0.25) is 0 Å². The molecule has 0 radical (unpaired) electrons. The van der Waals surface area contributed by atoms with Gasteiger partial charge in [0.25, 0.3) is 0 Å². The Kier molecular flexibility index (Phi) is 4.56. The number of hydrogen-bond acceptors (Lipinski definition) is 2. The maximum Gasteiger partial charge on any atom is 0.0404 e. The SMILES string of the molecule is CC(C)(C)c1ccc(C(N)CCc2ccccn2)cc1. The molecule has 2 aromatic rings. The minimum Gasteiger partial charge on any atom is -0.324 e. The van der Waals surface area contributed by atoms with Crippen molar-refractivity contribution in [2.45, 2.75) is 45.1 Å². The molecule has 1 aromatic heterocycles. The number of nitrogens with two attached hydrogens (primary N) is 1. The highest BCUT2D eigenvalue weighted by molar-refractivity contribution is 5.29. The first-order valence-electron chi connectivity index (χ1n) is 7.23. The fourth-order valence-electron chi connectivity index (χ4n) is 2.25. The van der Waals surface area contributed by atoms with Crippen molar-refractivity contribution in [3.05, 3.63) is 65.5 Å². The predicted octanol–water partition coefficient (Wildman–Crippen LogP) is 4.01. The Balaban J connectivity index is 1.97. The van der Waals surface area contributed by atoms with Gasteiger partial charge in [-0.05, 0) is 41.5 Å². The van der Waals surface area contributed by atoms with Crippen LogP contribution in [-0.2, 0) is 11.8 Å². The van der Waals surface area contributed by atoms with Crippen LogP contribution in [0.3, 0.4) is 0 Å². The van der Waals surface area contributed by atoms with Gasteiger partial charge in [-0.3, -0.25) is 4.98 Å². The summed E-state index contributed by atoms with van der Waals surface area (Å²) in [4.78, 5) is 4.34. The lowest BCUT2D eigenvalue weighted by Crippen LogP contribution is -2.14. The molecule has 2 nitrogen and oxygen atoms in total. The molecule has 0 aliphatic heterocycles. The third-order valence-corrected chi connectivity index (χ3v) is 3.64. The molecule has 1 unspecified atom stereocenters. The molecule has 0 spiro atoms. The Hall–Kier alpha value is -1.67. The zero-order valence-electron chi connectivity index (χ0n) is 12.6. The van der Waals surface area contributed by atoms with Crippen molar-refractivity contribution in [3.8, 4) is 0 Å². The number of nitrogens with zero attached hydrogens (tertiary/aromatic N) is 1. The molecule has 0 saturated carbocycles. The van der Waals surface area contributed by atoms with E-state index in [2.05, 4.69) is 56.1 Å². The second-order valence-electron chi connectivity index (χ2n) is 6.34. The lowest BCUT2D eigenvalue weighted by atomic mass is 9.86. The van der Waals surface area contributed by atoms with Crippen molar-refractivity contribution in [2.75, 3.05) is 0 Å². The van der Waals surface area contributed by atoms with Gasteiger partial charge in [0.1, 0.15) is 0 Å². The van der Waals surface area contributed by atoms with Crippen LogP contribution in [0.5, 0.6) is 0 Å². The van der Waals surface area contributed by atoms with Gasteiger partial charge in [-0.1, -0.05) is 51.1 Å². The first-order valence-corrected chi connectivity index (χ1v) is 7.23. The second kappa shape index (κ2) is 6.19. The van der Waals surface area contributed by atoms with E-state index in [9.17, 15) is 0 Å². The first-order chi connectivity index (χ1) is 9.47. The summed E-state index contributed by atoms with van der Waals surface area (Å²) in [7, 11) is 0. The number of pyridine rings is 1. The van der Waals surface area contributed by atoms with Crippen LogP contribution >= 0.6 is 0 Å². The van der Waals surface area contributed by atoms with Gasteiger partial charge >= 0.3 is 0 Å². The molecule has 0 amide bonds. The average Bonchev–Trinajstić information content (AvgIpc) is 2.45. The minimum absolute atomic E-state index is 0.0750. The summed E-state index contributed by atoms with van der Waals surface area (Å²) >= 11 is 0. The molecule has 2 heteroatoms. The zero-order valence-corrected chi connectivity index (χ0v) is 12.6. The molecule has 2 N–H and O–H groups in total. The van der Waals surface area contributed by atoms with Crippen molar-refractivity contribution < 1.29 is 0 Å². The van der Waals surface area contributed by atoms with Crippen molar-refractivity contribution in [1.82, 2.24) is 4.98 Å². The Morgan fingerprint density at radius 1 is 1.05 bits per heavy atom. The van der Waals surface area contributed by atoms with Gasteiger partial charge in [0.2, 0.25) is 0 Å². The monoisotopic (exact) mass is 268 g/mol. The molecule has 2 rings (SSSR count). The largest absolute Gasteiger partial charge is 0.324 e. The van der Waals surface area contributed by atoms with E-state index in [0.29, 0.717) is 0 Å². The van der Waals surface area contributed by atoms with E-state index in [1.54, 1.807) is 0 Å². The molecule has 0 fully saturated rings. The number of hydrogen-bond donors (Lipinski definition) is 1. The first kappa shape index (κ1) is 14.7. The molecule has 0 aliphatic carbocycles. The zero-order chi connectivity index (χ0) is 14.6. The maximum atomic E-state index is 6.27. The van der Waals surface area contributed by atoms with Crippen LogP contribution in [-0.4, -0.2) is 4.98 Å². The lowest BCUT2D eigenvalue weighted by molar-refractivity contribution is 0.588. The van der Waals surface area contributed by atoms with Crippen molar-refractivity contribution in [3.63, 3.8) is 0 Å². The number of benzene rings is 1. The molecule has 1 aromatic carbocycles. The topological polar surface area (TPSA) is 38.9 Å². The molecule has 1 heterocycles. The summed E-state index contributed by atoms with van der Waals surface area (Å²) < 4.78 is 0. The highest BCUT2D eigenvalue weighted by atomic mass is 14.7. The van der Waals surface area contributed by atoms with E-state index in [4.69, 9.17) is 5.73 Å². The smallest absolute Gasteiger partial charge is 0.0404 e. The van der Waals surface area contributed by atoms with Gasteiger partial charge in [-0.2, -0.15) is 0 Å². The van der Waals surface area contributed by atoms with E-state index in [0.717, 1.165) is 18.5 Å². The molecule has 0 aliphatic rings. The summed E-state index contributed by atoms with van der Waals surface area (Å²) in [6.45, 7) is 6.68. The number of rotatable bonds is 4. The third kappa shape index (κ3) is 3.91. The summed E-state index contributed by atoms with van der Waals surface area (Å²) in [5.41, 5.74) is 10.1. The van der Waals surface area contributed by atoms with E-state index in [1.165, 1.54) is 11.1 Å². The van der Waals surface area contributed by atoms with Gasteiger partial charge in [0.15, 0.2) is 0 Å². The van der Waals surface area contributed by atoms with Crippen LogP contribution in [0, 0.1) is 0 Å². The van der Waals surface area contributed by atoms with Crippen molar-refractivity contribution in [1.29, 1.82) is 0 Å². The van der Waals surface area contributed by atoms with E-state index in [1.807, 2.05) is 18.3 Å². The van der Waals surface area contributed by atoms with Crippen LogP contribution in [0.1, 0.15) is 50.1 Å². The van der Waals surface area contributed by atoms with Gasteiger partial charge in [-0.25, -0.2) is 0 Å². The summed E-state index contributed by atoms with van der Waals surface area (Å²) in [5, 5.41) is 0. The summed E-state index contributed by atoms with van der Waals surface area (Å²) in [6.07, 6.45) is 3.67. The second-order valence-corrected chi connectivity index (χ2v) is 6.34. The molecule has 20 heavy (non-hydrogen) atoms. The van der Waals surface area contributed by atoms with Gasteiger partial charge in [0, 0.05) is 17.9 Å². The fraction of sp³-hybridized carbons (Fsp3) is 0.389. The van der Waals surface area contributed by atoms with Gasteiger partial charge in [-0.15, -0.1) is 0 Å². The van der Waals surface area contributed by atoms with Crippen molar-refractivity contribution in [2.24, 2.45) is 5.73 Å². The number of aryl methyl sites for hydroxylation is 1. The molecule has 1 atom stereocenters. The van der Waals surface area contributed by atoms with Crippen LogP contribution in [0.4, 0.5) is 0 Å². The number of aromatic nitrogens is 1. The highest BCUT2D eigenvalue weighted by Crippen LogP contribution is 2.24. The summed E-state index contributed by atoms with van der Waals surface area (Å²) in [5.74, 6) is 0. The van der Waals surface area contributed by atoms with Crippen LogP contribution < -0.4 is 5.73 Å². The molecule has 0 saturated heterocycles. The highest BCUT2D eigenvalue weighted by Gasteiger charge is 2.14. The van der Waals surface area contributed by atoms with E-state index < -0.39 is 0 Å². The van der Waals surface area contributed by atoms with Gasteiger partial charge in [0.05, 0.1) is 0 Å². The average molecular weight is 268 g/mol. The van der Waals surface area contributed by atoms with Gasteiger partial charge < -0.3 is 5.73 Å². The van der Waals surface area contributed by atoms with E-state index in [-0.39, 0.29) is 11.5 Å². The fourth-order valence-corrected chi connectivity index (χ4v) is 2.25. The molecular weight excluding hydrogens is 244 g/mol. The minimum atomic E-state index is 0.0750. The predicted molar refractivity (Wildman–Crippen MR) is 84.6 cm³/mol. The Bertz CT molecular complexity index is 524. The third-order valence-electron chi connectivity index (χ3n) is 3.64. The van der Waals surface area contributed by atoms with Crippen LogP contribution in [0.15, 0.2) is 48.7 Å². The Labute approximate surface area is 122 Å². The van der Waals surface area contributed by atoms with Crippen LogP contribution in [0.25, 0.3) is 0 Å². The summed E-state index contributed by atoms with van der Waals surface area (Å²) in [6, 6.07) is 14.8. The normalized spacial score (nSPS) is 13.2. The van der Waals surface area contributed by atoms with Crippen molar-refractivity contribution >= 4 is 0 Å². The Morgan fingerprint density at radius 2 is 1.75 bits per heavy atom.